The molecule has 174 valence electrons. The highest BCUT2D eigenvalue weighted by atomic mass is 32.2. The van der Waals surface area contributed by atoms with Crippen LogP contribution in [0.5, 0.6) is 11.5 Å². The second-order valence-corrected chi connectivity index (χ2v) is 9.29. The lowest BCUT2D eigenvalue weighted by molar-refractivity contribution is -0.122. The average molecular weight is 469 g/mol. The van der Waals surface area contributed by atoms with Gasteiger partial charge in [0.25, 0.3) is 15.9 Å². The number of aryl methyl sites for hydroxylation is 2. The molecule has 0 saturated carbocycles. The van der Waals surface area contributed by atoms with Gasteiger partial charge in [-0.25, -0.2) is 8.42 Å². The van der Waals surface area contributed by atoms with Crippen molar-refractivity contribution in [1.82, 2.24) is 0 Å². The first-order valence-corrected chi connectivity index (χ1v) is 12.0. The molecule has 0 fully saturated rings. The number of carbonyl (C=O) groups excluding carboxylic acids is 1. The fourth-order valence-electron chi connectivity index (χ4n) is 3.21. The SMILES string of the molecule is CC[C@@H](Oc1ccccc1C)C(=O)Nc1ccc(S(=O)(=O)Nc2cc(C)ccc2OC)cc1. The first kappa shape index (κ1) is 24.1. The molecule has 0 radical (unpaired) electrons. The summed E-state index contributed by atoms with van der Waals surface area (Å²) in [5, 5.41) is 2.79. The van der Waals surface area contributed by atoms with Crippen molar-refractivity contribution in [3.63, 3.8) is 0 Å². The number of carbonyl (C=O) groups is 1. The maximum atomic E-state index is 12.8. The van der Waals surface area contributed by atoms with Crippen molar-refractivity contribution in [2.75, 3.05) is 17.1 Å². The van der Waals surface area contributed by atoms with Gasteiger partial charge in [-0.1, -0.05) is 31.2 Å². The van der Waals surface area contributed by atoms with E-state index < -0.39 is 16.1 Å². The van der Waals surface area contributed by atoms with Crippen molar-refractivity contribution < 1.29 is 22.7 Å². The molecule has 0 aliphatic carbocycles. The van der Waals surface area contributed by atoms with Gasteiger partial charge in [0.15, 0.2) is 6.10 Å². The van der Waals surface area contributed by atoms with Gasteiger partial charge >= 0.3 is 0 Å². The highest BCUT2D eigenvalue weighted by Crippen LogP contribution is 2.28. The summed E-state index contributed by atoms with van der Waals surface area (Å²) in [5.74, 6) is 0.768. The highest BCUT2D eigenvalue weighted by molar-refractivity contribution is 7.92. The van der Waals surface area contributed by atoms with E-state index in [1.54, 1.807) is 24.3 Å². The summed E-state index contributed by atoms with van der Waals surface area (Å²) in [4.78, 5) is 12.8. The molecule has 2 N–H and O–H groups in total. The molecule has 33 heavy (non-hydrogen) atoms. The maximum Gasteiger partial charge on any atom is 0.265 e. The molecule has 3 rings (SSSR count). The van der Waals surface area contributed by atoms with Gasteiger partial charge in [0, 0.05) is 5.69 Å². The minimum absolute atomic E-state index is 0.0623. The molecule has 0 aliphatic rings. The molecular formula is C25H28N2O5S. The molecule has 0 bridgehead atoms. The molecule has 0 aliphatic heterocycles. The minimum atomic E-state index is -3.84. The van der Waals surface area contributed by atoms with Crippen LogP contribution in [0.4, 0.5) is 11.4 Å². The van der Waals surface area contributed by atoms with Crippen LogP contribution in [0.3, 0.4) is 0 Å². The van der Waals surface area contributed by atoms with Crippen LogP contribution >= 0.6 is 0 Å². The highest BCUT2D eigenvalue weighted by Gasteiger charge is 2.20. The van der Waals surface area contributed by atoms with Gasteiger partial charge in [-0.15, -0.1) is 0 Å². The molecule has 1 atom stereocenters. The largest absolute Gasteiger partial charge is 0.495 e. The van der Waals surface area contributed by atoms with E-state index in [1.165, 1.54) is 19.2 Å². The summed E-state index contributed by atoms with van der Waals surface area (Å²) in [6.07, 6.45) is -0.195. The van der Waals surface area contributed by atoms with Crippen LogP contribution < -0.4 is 19.5 Å². The summed E-state index contributed by atoms with van der Waals surface area (Å²) in [7, 11) is -2.36. The zero-order valence-electron chi connectivity index (χ0n) is 19.1. The van der Waals surface area contributed by atoms with Gasteiger partial charge in [0.1, 0.15) is 11.5 Å². The van der Waals surface area contributed by atoms with Crippen LogP contribution in [0.1, 0.15) is 24.5 Å². The van der Waals surface area contributed by atoms with Crippen molar-refractivity contribution in [2.45, 2.75) is 38.2 Å². The third-order valence-corrected chi connectivity index (χ3v) is 6.44. The van der Waals surface area contributed by atoms with E-state index in [4.69, 9.17) is 9.47 Å². The smallest absolute Gasteiger partial charge is 0.265 e. The van der Waals surface area contributed by atoms with Gasteiger partial charge in [-0.05, 0) is 73.9 Å². The lowest BCUT2D eigenvalue weighted by Crippen LogP contribution is -2.32. The predicted molar refractivity (Wildman–Crippen MR) is 129 cm³/mol. The van der Waals surface area contributed by atoms with Crippen molar-refractivity contribution in [3.05, 3.63) is 77.9 Å². The second-order valence-electron chi connectivity index (χ2n) is 7.60. The zero-order valence-corrected chi connectivity index (χ0v) is 19.9. The first-order valence-electron chi connectivity index (χ1n) is 10.5. The van der Waals surface area contributed by atoms with Crippen molar-refractivity contribution in [3.8, 4) is 11.5 Å². The molecule has 0 saturated heterocycles. The number of hydrogen-bond donors (Lipinski definition) is 2. The number of hydrogen-bond acceptors (Lipinski definition) is 5. The van der Waals surface area contributed by atoms with Crippen LogP contribution in [0, 0.1) is 13.8 Å². The summed E-state index contributed by atoms with van der Waals surface area (Å²) in [6.45, 7) is 5.64. The molecule has 8 heteroatoms. The number of para-hydroxylation sites is 1. The van der Waals surface area contributed by atoms with E-state index in [1.807, 2.05) is 51.1 Å². The van der Waals surface area contributed by atoms with E-state index in [0.29, 0.717) is 29.3 Å². The summed E-state index contributed by atoms with van der Waals surface area (Å²) in [5.41, 5.74) is 2.66. The Kier molecular flexibility index (Phi) is 7.60. The third-order valence-electron chi connectivity index (χ3n) is 5.06. The second kappa shape index (κ2) is 10.4. The lowest BCUT2D eigenvalue weighted by Gasteiger charge is -2.18. The quantitative estimate of drug-likeness (QED) is 0.465. The molecule has 0 spiro atoms. The standard InChI is InChI=1S/C25H28N2O5S/c1-5-22(32-23-9-7-6-8-18(23)3)25(28)26-19-11-13-20(14-12-19)33(29,30)27-21-16-17(2)10-15-24(21)31-4/h6-16,22,27H,5H2,1-4H3,(H,26,28)/t22-/m1/s1. The number of sulfonamides is 1. The van der Waals surface area contributed by atoms with E-state index in [0.717, 1.165) is 11.1 Å². The Labute approximate surface area is 194 Å². The van der Waals surface area contributed by atoms with Crippen molar-refractivity contribution in [1.29, 1.82) is 0 Å². The van der Waals surface area contributed by atoms with E-state index in [9.17, 15) is 13.2 Å². The summed E-state index contributed by atoms with van der Waals surface area (Å²) < 4.78 is 39.3. The van der Waals surface area contributed by atoms with Crippen LogP contribution in [0.15, 0.2) is 71.6 Å². The fraction of sp³-hybridized carbons (Fsp3) is 0.240. The minimum Gasteiger partial charge on any atom is -0.495 e. The van der Waals surface area contributed by atoms with Crippen LogP contribution in [0.25, 0.3) is 0 Å². The predicted octanol–water partition coefficient (Wildman–Crippen LogP) is 4.91. The molecule has 3 aromatic rings. The van der Waals surface area contributed by atoms with Gasteiger partial charge in [-0.2, -0.15) is 0 Å². The molecule has 0 aromatic heterocycles. The molecule has 0 heterocycles. The van der Waals surface area contributed by atoms with E-state index in [-0.39, 0.29) is 10.8 Å². The van der Waals surface area contributed by atoms with Crippen LogP contribution in [-0.2, 0) is 14.8 Å². The summed E-state index contributed by atoms with van der Waals surface area (Å²) >= 11 is 0. The Morgan fingerprint density at radius 1 is 0.970 bits per heavy atom. The van der Waals surface area contributed by atoms with Gasteiger partial charge in [0.05, 0.1) is 17.7 Å². The van der Waals surface area contributed by atoms with Gasteiger partial charge in [-0.3, -0.25) is 9.52 Å². The third kappa shape index (κ3) is 6.04. The van der Waals surface area contributed by atoms with Crippen molar-refractivity contribution in [2.24, 2.45) is 0 Å². The Bertz CT molecular complexity index is 1220. The van der Waals surface area contributed by atoms with E-state index >= 15 is 0 Å². The molecule has 3 aromatic carbocycles. The maximum absolute atomic E-state index is 12.8. The lowest BCUT2D eigenvalue weighted by atomic mass is 10.2. The molecule has 1 amide bonds. The number of rotatable bonds is 9. The average Bonchev–Trinajstić information content (AvgIpc) is 2.78. The Balaban J connectivity index is 1.71. The Morgan fingerprint density at radius 3 is 2.30 bits per heavy atom. The Morgan fingerprint density at radius 2 is 1.67 bits per heavy atom. The summed E-state index contributed by atoms with van der Waals surface area (Å²) in [6, 6.07) is 18.7. The Hall–Kier alpha value is -3.52. The number of amides is 1. The van der Waals surface area contributed by atoms with Gasteiger partial charge in [0.2, 0.25) is 0 Å². The molecular weight excluding hydrogens is 440 g/mol. The number of benzene rings is 3. The number of nitrogens with one attached hydrogen (secondary N) is 2. The monoisotopic (exact) mass is 468 g/mol. The van der Waals surface area contributed by atoms with Crippen LogP contribution in [-0.4, -0.2) is 27.5 Å². The van der Waals surface area contributed by atoms with Gasteiger partial charge < -0.3 is 14.8 Å². The number of ether oxygens (including phenoxy) is 2. The number of methoxy groups -OCH3 is 1. The zero-order chi connectivity index (χ0) is 24.0. The fourth-order valence-corrected chi connectivity index (χ4v) is 4.27. The first-order chi connectivity index (χ1) is 15.7. The molecule has 7 nitrogen and oxygen atoms in total. The topological polar surface area (TPSA) is 93.7 Å². The van der Waals surface area contributed by atoms with Crippen molar-refractivity contribution >= 4 is 27.3 Å². The normalized spacial score (nSPS) is 12.0. The molecule has 0 unspecified atom stereocenters. The number of anilines is 2. The van der Waals surface area contributed by atoms with Crippen LogP contribution in [0.2, 0.25) is 0 Å². The van der Waals surface area contributed by atoms with E-state index in [2.05, 4.69) is 10.0 Å².